The third-order valence-electron chi connectivity index (χ3n) is 4.29. The molecule has 2 atom stereocenters. The van der Waals surface area contributed by atoms with Crippen LogP contribution in [0.3, 0.4) is 0 Å². The lowest BCUT2D eigenvalue weighted by Gasteiger charge is -2.25. The lowest BCUT2D eigenvalue weighted by atomic mass is 9.84. The molecular weight excluding hydrogens is 262 g/mol. The average Bonchev–Trinajstić information content (AvgIpc) is 2.80. The molecule has 1 N–H and O–H groups in total. The van der Waals surface area contributed by atoms with E-state index in [2.05, 4.69) is 57.3 Å². The minimum Gasteiger partial charge on any atom is -0.316 e. The number of hydrogen-bond donors (Lipinski definition) is 1. The van der Waals surface area contributed by atoms with Crippen LogP contribution in [0.4, 0.5) is 0 Å². The second-order valence-corrected chi connectivity index (χ2v) is 7.90. The molecule has 20 heavy (non-hydrogen) atoms. The third kappa shape index (κ3) is 4.26. The molecule has 1 aromatic rings. The minimum absolute atomic E-state index is 0.741. The van der Waals surface area contributed by atoms with Crippen molar-refractivity contribution in [1.82, 2.24) is 5.32 Å². The van der Waals surface area contributed by atoms with E-state index < -0.39 is 0 Å². The van der Waals surface area contributed by atoms with Crippen LogP contribution in [0.2, 0.25) is 0 Å². The second-order valence-electron chi connectivity index (χ2n) is 6.84. The maximum absolute atomic E-state index is 3.66. The number of hydrogen-bond acceptors (Lipinski definition) is 2. The predicted octanol–water partition coefficient (Wildman–Crippen LogP) is 4.78. The van der Waals surface area contributed by atoms with E-state index in [0.717, 1.165) is 30.2 Å². The summed E-state index contributed by atoms with van der Waals surface area (Å²) >= 11 is 2.04. The van der Waals surface area contributed by atoms with Gasteiger partial charge in [-0.15, -0.1) is 11.8 Å². The maximum atomic E-state index is 3.66. The van der Waals surface area contributed by atoms with Crippen molar-refractivity contribution in [2.75, 3.05) is 18.8 Å². The molecule has 1 aliphatic heterocycles. The van der Waals surface area contributed by atoms with Gasteiger partial charge in [-0.25, -0.2) is 0 Å². The monoisotopic (exact) mass is 291 g/mol. The van der Waals surface area contributed by atoms with Gasteiger partial charge in [-0.05, 0) is 54.8 Å². The first-order valence-electron chi connectivity index (χ1n) is 8.00. The summed E-state index contributed by atoms with van der Waals surface area (Å²) in [5, 5.41) is 3.66. The summed E-state index contributed by atoms with van der Waals surface area (Å²) in [6, 6.07) is 8.97. The van der Waals surface area contributed by atoms with Crippen LogP contribution in [0.15, 0.2) is 29.2 Å². The molecule has 0 saturated carbocycles. The van der Waals surface area contributed by atoms with Crippen molar-refractivity contribution in [2.45, 2.75) is 44.9 Å². The molecule has 2 rings (SSSR count). The van der Waals surface area contributed by atoms with E-state index in [0.29, 0.717) is 0 Å². The van der Waals surface area contributed by atoms with E-state index in [9.17, 15) is 0 Å². The molecule has 2 unspecified atom stereocenters. The normalized spacial score (nSPS) is 19.6. The van der Waals surface area contributed by atoms with Crippen LogP contribution in [0.5, 0.6) is 0 Å². The van der Waals surface area contributed by atoms with Crippen LogP contribution in [0.25, 0.3) is 0 Å². The highest BCUT2D eigenvalue weighted by molar-refractivity contribution is 7.99. The molecule has 0 amide bonds. The van der Waals surface area contributed by atoms with Gasteiger partial charge < -0.3 is 5.32 Å². The van der Waals surface area contributed by atoms with Gasteiger partial charge in [0.15, 0.2) is 0 Å². The van der Waals surface area contributed by atoms with Gasteiger partial charge in [0.1, 0.15) is 0 Å². The standard InChI is InChI=1S/C18H29NS/c1-13(2)10-19-11-15(14(3)4)9-16-12-20-18-8-6-5-7-17(16)18/h5-8,13-16,19H,9-12H2,1-4H3. The van der Waals surface area contributed by atoms with Crippen molar-refractivity contribution < 1.29 is 0 Å². The highest BCUT2D eigenvalue weighted by atomic mass is 32.2. The summed E-state index contributed by atoms with van der Waals surface area (Å²) in [5.41, 5.74) is 1.59. The van der Waals surface area contributed by atoms with Gasteiger partial charge in [0.25, 0.3) is 0 Å². The summed E-state index contributed by atoms with van der Waals surface area (Å²) in [7, 11) is 0. The van der Waals surface area contributed by atoms with Crippen molar-refractivity contribution in [2.24, 2.45) is 17.8 Å². The van der Waals surface area contributed by atoms with Gasteiger partial charge in [0, 0.05) is 10.6 Å². The molecule has 112 valence electrons. The highest BCUT2D eigenvalue weighted by Gasteiger charge is 2.26. The Labute approximate surface area is 128 Å². The maximum Gasteiger partial charge on any atom is 0.0107 e. The van der Waals surface area contributed by atoms with Crippen molar-refractivity contribution >= 4 is 11.8 Å². The van der Waals surface area contributed by atoms with Crippen LogP contribution in [-0.2, 0) is 0 Å². The quantitative estimate of drug-likeness (QED) is 0.775. The summed E-state index contributed by atoms with van der Waals surface area (Å²) in [6.45, 7) is 11.6. The molecule has 0 aliphatic carbocycles. The van der Waals surface area contributed by atoms with Crippen molar-refractivity contribution in [3.63, 3.8) is 0 Å². The Bertz CT molecular complexity index is 414. The van der Waals surface area contributed by atoms with Gasteiger partial charge in [-0.2, -0.15) is 0 Å². The molecular formula is C18H29NS. The Morgan fingerprint density at radius 2 is 1.90 bits per heavy atom. The molecule has 0 fully saturated rings. The van der Waals surface area contributed by atoms with Crippen molar-refractivity contribution in [3.05, 3.63) is 29.8 Å². The number of fused-ring (bicyclic) bond motifs is 1. The van der Waals surface area contributed by atoms with Gasteiger partial charge in [-0.3, -0.25) is 0 Å². The van der Waals surface area contributed by atoms with E-state index in [4.69, 9.17) is 0 Å². The predicted molar refractivity (Wildman–Crippen MR) is 90.6 cm³/mol. The Morgan fingerprint density at radius 1 is 1.15 bits per heavy atom. The fourth-order valence-corrected chi connectivity index (χ4v) is 4.21. The number of nitrogens with one attached hydrogen (secondary N) is 1. The fourth-order valence-electron chi connectivity index (χ4n) is 2.94. The van der Waals surface area contributed by atoms with Crippen molar-refractivity contribution in [3.8, 4) is 0 Å². The lowest BCUT2D eigenvalue weighted by molar-refractivity contribution is 0.319. The summed E-state index contributed by atoms with van der Waals surface area (Å²) in [6.07, 6.45) is 1.33. The van der Waals surface area contributed by atoms with Gasteiger partial charge in [0.2, 0.25) is 0 Å². The van der Waals surface area contributed by atoms with E-state index in [1.165, 1.54) is 23.6 Å². The molecule has 0 radical (unpaired) electrons. The average molecular weight is 292 g/mol. The Balaban J connectivity index is 1.92. The smallest absolute Gasteiger partial charge is 0.0107 e. The molecule has 0 spiro atoms. The molecule has 1 aromatic carbocycles. The summed E-state index contributed by atoms with van der Waals surface area (Å²) in [4.78, 5) is 1.51. The van der Waals surface area contributed by atoms with Crippen LogP contribution < -0.4 is 5.32 Å². The molecule has 1 nitrogen and oxygen atoms in total. The van der Waals surface area contributed by atoms with Gasteiger partial charge >= 0.3 is 0 Å². The molecule has 1 aliphatic rings. The fraction of sp³-hybridized carbons (Fsp3) is 0.667. The zero-order chi connectivity index (χ0) is 14.5. The van der Waals surface area contributed by atoms with E-state index >= 15 is 0 Å². The van der Waals surface area contributed by atoms with Gasteiger partial charge in [-0.1, -0.05) is 45.9 Å². The zero-order valence-electron chi connectivity index (χ0n) is 13.4. The molecule has 0 saturated heterocycles. The first kappa shape index (κ1) is 15.9. The summed E-state index contributed by atoms with van der Waals surface area (Å²) in [5.74, 6) is 4.31. The van der Waals surface area contributed by atoms with E-state index in [1.54, 1.807) is 5.56 Å². The highest BCUT2D eigenvalue weighted by Crippen LogP contribution is 2.43. The van der Waals surface area contributed by atoms with E-state index in [1.807, 2.05) is 11.8 Å². The van der Waals surface area contributed by atoms with Gasteiger partial charge in [0.05, 0.1) is 0 Å². The number of rotatable bonds is 7. The first-order chi connectivity index (χ1) is 9.58. The van der Waals surface area contributed by atoms with E-state index in [-0.39, 0.29) is 0 Å². The number of benzene rings is 1. The Kier molecular flexibility index (Phi) is 5.98. The molecule has 1 heterocycles. The number of thioether (sulfide) groups is 1. The second kappa shape index (κ2) is 7.51. The molecule has 2 heteroatoms. The molecule has 0 bridgehead atoms. The van der Waals surface area contributed by atoms with Crippen LogP contribution >= 0.6 is 11.8 Å². The Hall–Kier alpha value is -0.470. The SMILES string of the molecule is CC(C)CNCC(CC1CSc2ccccc21)C(C)C. The van der Waals surface area contributed by atoms with Crippen LogP contribution in [-0.4, -0.2) is 18.8 Å². The lowest BCUT2D eigenvalue weighted by Crippen LogP contribution is -2.30. The topological polar surface area (TPSA) is 12.0 Å². The van der Waals surface area contributed by atoms with Crippen molar-refractivity contribution in [1.29, 1.82) is 0 Å². The Morgan fingerprint density at radius 3 is 2.60 bits per heavy atom. The minimum atomic E-state index is 0.741. The van der Waals surface area contributed by atoms with Crippen LogP contribution in [0, 0.1) is 17.8 Å². The molecule has 0 aromatic heterocycles. The third-order valence-corrected chi connectivity index (χ3v) is 5.54. The largest absolute Gasteiger partial charge is 0.316 e. The van der Waals surface area contributed by atoms with Crippen LogP contribution in [0.1, 0.15) is 45.6 Å². The zero-order valence-corrected chi connectivity index (χ0v) is 14.2. The summed E-state index contributed by atoms with van der Waals surface area (Å²) < 4.78 is 0. The first-order valence-corrected chi connectivity index (χ1v) is 8.99.